The number of fused-ring (bicyclic) bond motifs is 1. The molecule has 2 heterocycles. The minimum atomic E-state index is 0.475. The van der Waals surface area contributed by atoms with Crippen molar-refractivity contribution in [3.8, 4) is 5.69 Å². The van der Waals surface area contributed by atoms with Crippen molar-refractivity contribution >= 4 is 11.2 Å². The van der Waals surface area contributed by atoms with Gasteiger partial charge in [0.15, 0.2) is 5.65 Å². The highest BCUT2D eigenvalue weighted by Crippen LogP contribution is 2.26. The molecule has 0 spiro atoms. The van der Waals surface area contributed by atoms with E-state index in [1.165, 1.54) is 11.1 Å². The summed E-state index contributed by atoms with van der Waals surface area (Å²) in [4.78, 5) is 12.4. The Hall–Kier alpha value is -2.85. The van der Waals surface area contributed by atoms with E-state index in [2.05, 4.69) is 59.6 Å². The average Bonchev–Trinajstić information content (AvgIpc) is 2.99. The lowest BCUT2D eigenvalue weighted by molar-refractivity contribution is 0.897. The van der Waals surface area contributed by atoms with Crippen LogP contribution in [0.1, 0.15) is 35.1 Å². The molecule has 0 fully saturated rings. The summed E-state index contributed by atoms with van der Waals surface area (Å²) < 4.78 is 2.14. The van der Waals surface area contributed by atoms with Crippen LogP contribution in [0.25, 0.3) is 27.3 Å². The molecule has 0 bridgehead atoms. The zero-order valence-electron chi connectivity index (χ0n) is 15.1. The summed E-state index contributed by atoms with van der Waals surface area (Å²) in [7, 11) is 0. The minimum Gasteiger partial charge on any atom is -0.281 e. The summed E-state index contributed by atoms with van der Waals surface area (Å²) in [6.07, 6.45) is 1.58. The van der Waals surface area contributed by atoms with Gasteiger partial charge in [-0.1, -0.05) is 24.2 Å². The highest BCUT2D eigenvalue weighted by atomic mass is 15.1. The van der Waals surface area contributed by atoms with Gasteiger partial charge in [-0.25, -0.2) is 9.97 Å². The number of pyridine rings is 1. The molecule has 128 valence electrons. The molecule has 1 aromatic carbocycles. The van der Waals surface area contributed by atoms with Crippen LogP contribution >= 0.6 is 0 Å². The number of hydrogen-bond acceptors (Lipinski definition) is 3. The van der Waals surface area contributed by atoms with Crippen LogP contribution in [0.3, 0.4) is 0 Å². The fourth-order valence-electron chi connectivity index (χ4n) is 3.05. The van der Waals surface area contributed by atoms with E-state index in [1.54, 1.807) is 0 Å². The monoisotopic (exact) mass is 334 g/mol. The molecule has 6 heteroatoms. The van der Waals surface area contributed by atoms with Crippen molar-refractivity contribution < 1.29 is 0 Å². The van der Waals surface area contributed by atoms with Crippen LogP contribution in [0.15, 0.2) is 29.4 Å². The molecule has 0 aliphatic carbocycles. The summed E-state index contributed by atoms with van der Waals surface area (Å²) in [6.45, 7) is 8.84. The highest BCUT2D eigenvalue weighted by Gasteiger charge is 2.16. The molecule has 0 aliphatic heterocycles. The van der Waals surface area contributed by atoms with Crippen molar-refractivity contribution in [2.45, 2.75) is 40.5 Å². The third kappa shape index (κ3) is 3.08. The van der Waals surface area contributed by atoms with Crippen molar-refractivity contribution in [2.24, 2.45) is 5.11 Å². The Morgan fingerprint density at radius 1 is 1.08 bits per heavy atom. The van der Waals surface area contributed by atoms with Gasteiger partial charge >= 0.3 is 0 Å². The third-order valence-corrected chi connectivity index (χ3v) is 4.73. The number of rotatable bonds is 5. The smallest absolute Gasteiger partial charge is 0.165 e. The lowest BCUT2D eigenvalue weighted by Gasteiger charge is -2.10. The van der Waals surface area contributed by atoms with Crippen LogP contribution < -0.4 is 0 Å². The molecular formula is C19H22N6. The molecule has 25 heavy (non-hydrogen) atoms. The van der Waals surface area contributed by atoms with Gasteiger partial charge in [0.1, 0.15) is 11.3 Å². The standard InChI is InChI=1S/C19H22N6/c1-5-17-23-18-13(3)12(2)14(4)22-19(18)25(17)16-8-6-15(7-9-16)10-11-21-24-20/h6-9H,5,10-11H2,1-4H3. The van der Waals surface area contributed by atoms with E-state index in [4.69, 9.17) is 15.5 Å². The lowest BCUT2D eigenvalue weighted by atomic mass is 10.1. The number of aryl methyl sites for hydroxylation is 3. The number of aromatic nitrogens is 3. The second kappa shape index (κ2) is 6.95. The quantitative estimate of drug-likeness (QED) is 0.383. The number of azide groups is 1. The molecule has 0 unspecified atom stereocenters. The molecule has 0 aliphatic rings. The maximum Gasteiger partial charge on any atom is 0.165 e. The van der Waals surface area contributed by atoms with E-state index in [-0.39, 0.29) is 0 Å². The van der Waals surface area contributed by atoms with Gasteiger partial charge in [-0.3, -0.25) is 4.57 Å². The van der Waals surface area contributed by atoms with Gasteiger partial charge in [0.2, 0.25) is 0 Å². The number of benzene rings is 1. The summed E-state index contributed by atoms with van der Waals surface area (Å²) in [5.41, 5.74) is 15.9. The fourth-order valence-corrected chi connectivity index (χ4v) is 3.05. The first kappa shape index (κ1) is 17.0. The predicted molar refractivity (Wildman–Crippen MR) is 100 cm³/mol. The van der Waals surface area contributed by atoms with Gasteiger partial charge in [0.05, 0.1) is 0 Å². The molecule has 0 atom stereocenters. The Labute approximate surface area is 147 Å². The number of nitrogens with zero attached hydrogens (tertiary/aromatic N) is 6. The minimum absolute atomic E-state index is 0.475. The van der Waals surface area contributed by atoms with Crippen LogP contribution in [0, 0.1) is 20.8 Å². The second-order valence-electron chi connectivity index (χ2n) is 6.21. The third-order valence-electron chi connectivity index (χ3n) is 4.73. The Bertz CT molecular complexity index is 962. The van der Waals surface area contributed by atoms with Crippen LogP contribution in [0.5, 0.6) is 0 Å². The molecule has 0 radical (unpaired) electrons. The van der Waals surface area contributed by atoms with E-state index in [9.17, 15) is 0 Å². The second-order valence-corrected chi connectivity index (χ2v) is 6.21. The van der Waals surface area contributed by atoms with Crippen LogP contribution in [-0.4, -0.2) is 21.1 Å². The van der Waals surface area contributed by atoms with Crippen molar-refractivity contribution in [3.05, 3.63) is 62.9 Å². The van der Waals surface area contributed by atoms with E-state index >= 15 is 0 Å². The molecule has 2 aromatic heterocycles. The summed E-state index contributed by atoms with van der Waals surface area (Å²) in [6, 6.07) is 8.30. The molecule has 3 aromatic rings. The van der Waals surface area contributed by atoms with Gasteiger partial charge in [-0.2, -0.15) is 0 Å². The number of hydrogen-bond donors (Lipinski definition) is 0. The van der Waals surface area contributed by atoms with Crippen LogP contribution in [0.2, 0.25) is 0 Å². The molecule has 0 N–H and O–H groups in total. The Kier molecular flexibility index (Phi) is 4.72. The maximum absolute atomic E-state index is 8.38. The predicted octanol–water partition coefficient (Wildman–Crippen LogP) is 4.76. The van der Waals surface area contributed by atoms with E-state index in [0.29, 0.717) is 6.54 Å². The molecule has 0 saturated carbocycles. The van der Waals surface area contributed by atoms with Gasteiger partial charge < -0.3 is 0 Å². The summed E-state index contributed by atoms with van der Waals surface area (Å²) in [5.74, 6) is 1.01. The van der Waals surface area contributed by atoms with Crippen molar-refractivity contribution in [3.63, 3.8) is 0 Å². The van der Waals surface area contributed by atoms with Crippen molar-refractivity contribution in [1.29, 1.82) is 0 Å². The first-order valence-electron chi connectivity index (χ1n) is 8.52. The van der Waals surface area contributed by atoms with Gasteiger partial charge in [-0.15, -0.1) is 0 Å². The average molecular weight is 334 g/mol. The zero-order chi connectivity index (χ0) is 18.0. The van der Waals surface area contributed by atoms with Crippen molar-refractivity contribution in [1.82, 2.24) is 14.5 Å². The fraction of sp³-hybridized carbons (Fsp3) is 0.368. The normalized spacial score (nSPS) is 10.9. The van der Waals surface area contributed by atoms with Crippen LogP contribution in [-0.2, 0) is 12.8 Å². The maximum atomic E-state index is 8.38. The summed E-state index contributed by atoms with van der Waals surface area (Å²) >= 11 is 0. The SMILES string of the molecule is CCc1nc2c(C)c(C)c(C)nc2n1-c1ccc(CCN=[N+]=[N-])cc1. The van der Waals surface area contributed by atoms with Gasteiger partial charge in [0.25, 0.3) is 0 Å². The Morgan fingerprint density at radius 2 is 1.80 bits per heavy atom. The van der Waals surface area contributed by atoms with E-state index < -0.39 is 0 Å². The highest BCUT2D eigenvalue weighted by molar-refractivity contribution is 5.79. The van der Waals surface area contributed by atoms with E-state index in [1.807, 2.05) is 6.92 Å². The largest absolute Gasteiger partial charge is 0.281 e. The molecule has 3 rings (SSSR count). The van der Waals surface area contributed by atoms with Gasteiger partial charge in [-0.05, 0) is 61.5 Å². The first-order chi connectivity index (χ1) is 12.1. The summed E-state index contributed by atoms with van der Waals surface area (Å²) in [5, 5.41) is 3.59. The molecule has 0 saturated heterocycles. The first-order valence-corrected chi connectivity index (χ1v) is 8.52. The van der Waals surface area contributed by atoms with E-state index in [0.717, 1.165) is 46.8 Å². The van der Waals surface area contributed by atoms with Crippen LogP contribution in [0.4, 0.5) is 0 Å². The molecule has 0 amide bonds. The molecular weight excluding hydrogens is 312 g/mol. The Balaban J connectivity index is 2.10. The number of imidazole rings is 1. The Morgan fingerprint density at radius 3 is 2.44 bits per heavy atom. The van der Waals surface area contributed by atoms with Crippen molar-refractivity contribution in [2.75, 3.05) is 6.54 Å². The molecule has 6 nitrogen and oxygen atoms in total. The van der Waals surface area contributed by atoms with Gasteiger partial charge in [0, 0.05) is 29.3 Å². The zero-order valence-corrected chi connectivity index (χ0v) is 15.1. The topological polar surface area (TPSA) is 79.5 Å². The lowest BCUT2D eigenvalue weighted by Crippen LogP contribution is -2.02.